The highest BCUT2D eigenvalue weighted by Gasteiger charge is 2.49. The van der Waals surface area contributed by atoms with Gasteiger partial charge in [0.1, 0.15) is 5.75 Å². The predicted molar refractivity (Wildman–Crippen MR) is 127 cm³/mol. The molecular weight excluding hydrogens is 414 g/mol. The molecule has 2 heterocycles. The standard InChI is InChI=1S/C27H27N3O3/c1-18-12-13-24-22(14-18)23-16-27(2,33-24)30(26(32)28-23)21-11-7-10-20(15-21)25(31)29(3)17-19-8-5-4-6-9-19/h4-15,23H,16-17H2,1-3H3,(H,28,32). The number of hydrogen-bond donors (Lipinski definition) is 1. The SMILES string of the molecule is Cc1ccc2c(c1)C1CC(C)(O2)N(c2cccc(C(=O)N(C)Cc3ccccc3)c2)C(=O)N1. The van der Waals surface area contributed by atoms with Crippen molar-refractivity contribution in [3.63, 3.8) is 0 Å². The average molecular weight is 442 g/mol. The van der Waals surface area contributed by atoms with Crippen LogP contribution in [0.2, 0.25) is 0 Å². The number of carbonyl (C=O) groups is 2. The Morgan fingerprint density at radius 3 is 2.70 bits per heavy atom. The smallest absolute Gasteiger partial charge is 0.325 e. The summed E-state index contributed by atoms with van der Waals surface area (Å²) < 4.78 is 6.38. The van der Waals surface area contributed by atoms with Crippen molar-refractivity contribution >= 4 is 17.6 Å². The van der Waals surface area contributed by atoms with Crippen molar-refractivity contribution in [2.24, 2.45) is 0 Å². The quantitative estimate of drug-likeness (QED) is 0.617. The first-order chi connectivity index (χ1) is 15.8. The molecule has 6 nitrogen and oxygen atoms in total. The summed E-state index contributed by atoms with van der Waals surface area (Å²) >= 11 is 0. The fourth-order valence-electron chi connectivity index (χ4n) is 4.81. The highest BCUT2D eigenvalue weighted by Crippen LogP contribution is 2.45. The number of nitrogens with one attached hydrogen (secondary N) is 1. The third kappa shape index (κ3) is 3.82. The minimum atomic E-state index is -0.854. The molecule has 2 bridgehead atoms. The molecule has 2 atom stereocenters. The summed E-state index contributed by atoms with van der Waals surface area (Å²) in [7, 11) is 1.78. The van der Waals surface area contributed by atoms with Gasteiger partial charge in [-0.1, -0.05) is 54.1 Å². The van der Waals surface area contributed by atoms with Crippen LogP contribution in [-0.4, -0.2) is 29.6 Å². The Bertz CT molecular complexity index is 1230. The number of fused-ring (bicyclic) bond motifs is 4. The fourth-order valence-corrected chi connectivity index (χ4v) is 4.81. The van der Waals surface area contributed by atoms with E-state index in [0.29, 0.717) is 24.2 Å². The van der Waals surface area contributed by atoms with Crippen LogP contribution >= 0.6 is 0 Å². The van der Waals surface area contributed by atoms with Crippen LogP contribution < -0.4 is 15.0 Å². The number of ether oxygens (including phenoxy) is 1. The Hall–Kier alpha value is -3.80. The lowest BCUT2D eigenvalue weighted by Crippen LogP contribution is -2.65. The minimum absolute atomic E-state index is 0.105. The molecule has 2 unspecified atom stereocenters. The van der Waals surface area contributed by atoms with Gasteiger partial charge in [0.2, 0.25) is 0 Å². The zero-order valence-electron chi connectivity index (χ0n) is 19.0. The summed E-state index contributed by atoms with van der Waals surface area (Å²) in [5.74, 6) is 0.672. The first kappa shape index (κ1) is 21.1. The Labute approximate surface area is 193 Å². The number of amides is 3. The van der Waals surface area contributed by atoms with E-state index >= 15 is 0 Å². The molecule has 6 heteroatoms. The zero-order valence-corrected chi connectivity index (χ0v) is 19.0. The number of nitrogens with zero attached hydrogens (tertiary/aromatic N) is 2. The van der Waals surface area contributed by atoms with Crippen LogP contribution in [0.15, 0.2) is 72.8 Å². The molecule has 168 valence electrons. The first-order valence-corrected chi connectivity index (χ1v) is 11.1. The van der Waals surface area contributed by atoms with Crippen LogP contribution in [0.3, 0.4) is 0 Å². The van der Waals surface area contributed by atoms with Gasteiger partial charge >= 0.3 is 6.03 Å². The van der Waals surface area contributed by atoms with Gasteiger partial charge in [-0.3, -0.25) is 9.69 Å². The van der Waals surface area contributed by atoms with Crippen molar-refractivity contribution < 1.29 is 14.3 Å². The molecule has 2 aliphatic heterocycles. The van der Waals surface area contributed by atoms with Gasteiger partial charge in [-0.25, -0.2) is 4.79 Å². The van der Waals surface area contributed by atoms with Gasteiger partial charge in [0, 0.05) is 31.1 Å². The largest absolute Gasteiger partial charge is 0.467 e. The lowest BCUT2D eigenvalue weighted by Gasteiger charge is -2.50. The Balaban J connectivity index is 1.43. The van der Waals surface area contributed by atoms with E-state index in [9.17, 15) is 9.59 Å². The number of rotatable bonds is 4. The Kier molecular flexibility index (Phi) is 5.08. The van der Waals surface area contributed by atoms with E-state index in [1.807, 2.05) is 68.4 Å². The Morgan fingerprint density at radius 1 is 1.12 bits per heavy atom. The van der Waals surface area contributed by atoms with Crippen molar-refractivity contribution in [1.29, 1.82) is 0 Å². The van der Waals surface area contributed by atoms with Gasteiger partial charge in [0.25, 0.3) is 5.91 Å². The molecule has 0 aliphatic carbocycles. The number of urea groups is 1. The van der Waals surface area contributed by atoms with Crippen LogP contribution in [-0.2, 0) is 6.54 Å². The number of carbonyl (C=O) groups excluding carboxylic acids is 2. The topological polar surface area (TPSA) is 61.9 Å². The van der Waals surface area contributed by atoms with Crippen molar-refractivity contribution in [3.8, 4) is 5.75 Å². The summed E-state index contributed by atoms with van der Waals surface area (Å²) in [6, 6.07) is 22.8. The third-order valence-corrected chi connectivity index (χ3v) is 6.39. The molecule has 3 aromatic rings. The predicted octanol–water partition coefficient (Wildman–Crippen LogP) is 5.04. The maximum absolute atomic E-state index is 13.2. The zero-order chi connectivity index (χ0) is 23.2. The highest BCUT2D eigenvalue weighted by molar-refractivity contribution is 5.98. The molecule has 2 aliphatic rings. The van der Waals surface area contributed by atoms with Gasteiger partial charge in [-0.2, -0.15) is 0 Å². The maximum Gasteiger partial charge on any atom is 0.325 e. The molecular formula is C27H27N3O3. The Morgan fingerprint density at radius 2 is 1.91 bits per heavy atom. The molecule has 1 N–H and O–H groups in total. The average Bonchev–Trinajstić information content (AvgIpc) is 2.79. The second kappa shape index (κ2) is 7.96. The van der Waals surface area contributed by atoms with Gasteiger partial charge in [0.15, 0.2) is 5.72 Å². The maximum atomic E-state index is 13.2. The van der Waals surface area contributed by atoms with E-state index in [2.05, 4.69) is 11.4 Å². The lowest BCUT2D eigenvalue weighted by atomic mass is 9.89. The van der Waals surface area contributed by atoms with E-state index in [0.717, 1.165) is 22.4 Å². The van der Waals surface area contributed by atoms with Crippen molar-refractivity contribution in [2.45, 2.75) is 38.6 Å². The summed E-state index contributed by atoms with van der Waals surface area (Å²) in [6.45, 7) is 4.47. The molecule has 5 rings (SSSR count). The third-order valence-electron chi connectivity index (χ3n) is 6.39. The van der Waals surface area contributed by atoms with Crippen molar-refractivity contribution in [3.05, 3.63) is 95.1 Å². The molecule has 1 saturated heterocycles. The van der Waals surface area contributed by atoms with E-state index in [1.165, 1.54) is 0 Å². The van der Waals surface area contributed by atoms with Crippen LogP contribution in [0.5, 0.6) is 5.75 Å². The lowest BCUT2D eigenvalue weighted by molar-refractivity contribution is 0.0378. The molecule has 0 saturated carbocycles. The second-order valence-electron chi connectivity index (χ2n) is 9.06. The summed E-state index contributed by atoms with van der Waals surface area (Å²) in [6.07, 6.45) is 0.612. The fraction of sp³-hybridized carbons (Fsp3) is 0.259. The van der Waals surface area contributed by atoms with E-state index in [-0.39, 0.29) is 18.0 Å². The van der Waals surface area contributed by atoms with Crippen molar-refractivity contribution in [1.82, 2.24) is 10.2 Å². The monoisotopic (exact) mass is 441 g/mol. The van der Waals surface area contributed by atoms with E-state index < -0.39 is 5.72 Å². The number of hydrogen-bond acceptors (Lipinski definition) is 3. The minimum Gasteiger partial charge on any atom is -0.467 e. The molecule has 3 amide bonds. The van der Waals surface area contributed by atoms with Crippen LogP contribution in [0.4, 0.5) is 10.5 Å². The normalized spacial score (nSPS) is 21.0. The molecule has 3 aromatic carbocycles. The summed E-state index contributed by atoms with van der Waals surface area (Å²) in [5.41, 5.74) is 3.49. The number of anilines is 1. The first-order valence-electron chi connectivity index (χ1n) is 11.1. The van der Waals surface area contributed by atoms with Crippen LogP contribution in [0.25, 0.3) is 0 Å². The van der Waals surface area contributed by atoms with Gasteiger partial charge in [-0.15, -0.1) is 0 Å². The van der Waals surface area contributed by atoms with Gasteiger partial charge in [0.05, 0.1) is 11.7 Å². The summed E-state index contributed by atoms with van der Waals surface area (Å²) in [4.78, 5) is 29.6. The van der Waals surface area contributed by atoms with Crippen molar-refractivity contribution in [2.75, 3.05) is 11.9 Å². The molecule has 1 fully saturated rings. The van der Waals surface area contributed by atoms with Gasteiger partial charge in [-0.05, 0) is 43.7 Å². The second-order valence-corrected chi connectivity index (χ2v) is 9.06. The van der Waals surface area contributed by atoms with Crippen LogP contribution in [0.1, 0.15) is 46.4 Å². The molecule has 0 aromatic heterocycles. The highest BCUT2D eigenvalue weighted by atomic mass is 16.5. The van der Waals surface area contributed by atoms with Crippen LogP contribution in [0, 0.1) is 6.92 Å². The molecule has 33 heavy (non-hydrogen) atoms. The molecule has 0 radical (unpaired) electrons. The van der Waals surface area contributed by atoms with Gasteiger partial charge < -0.3 is 15.0 Å². The number of aryl methyl sites for hydroxylation is 1. The van der Waals surface area contributed by atoms with E-state index in [4.69, 9.17) is 4.74 Å². The number of benzene rings is 3. The van der Waals surface area contributed by atoms with E-state index in [1.54, 1.807) is 29.0 Å². The molecule has 0 spiro atoms. The summed E-state index contributed by atoms with van der Waals surface area (Å²) in [5, 5.41) is 3.12.